The Hall–Kier alpha value is -1.82. The monoisotopic (exact) mass is 358 g/mol. The van der Waals surface area contributed by atoms with Crippen LogP contribution in [0.15, 0.2) is 41.6 Å². The van der Waals surface area contributed by atoms with Crippen LogP contribution in [0.1, 0.15) is 30.5 Å². The standard InChI is InChI=1S/C16H16ClFN2O2.ClH/c1-2-14(19)12-7-8-13(17)16(15(12)18)22-11-5-3-10(4-6-11)9-20-21;/h3-9,14,21H,2,19H2,1H3;1H/t14-;/m1./s1. The molecule has 23 heavy (non-hydrogen) atoms. The van der Waals surface area contributed by atoms with Crippen molar-refractivity contribution < 1.29 is 14.3 Å². The van der Waals surface area contributed by atoms with Gasteiger partial charge in [0.15, 0.2) is 11.6 Å². The topological polar surface area (TPSA) is 67.8 Å². The highest BCUT2D eigenvalue weighted by molar-refractivity contribution is 6.32. The van der Waals surface area contributed by atoms with Crippen molar-refractivity contribution >= 4 is 30.2 Å². The van der Waals surface area contributed by atoms with Crippen molar-refractivity contribution in [3.63, 3.8) is 0 Å². The summed E-state index contributed by atoms with van der Waals surface area (Å²) in [6.45, 7) is 1.88. The zero-order chi connectivity index (χ0) is 16.1. The van der Waals surface area contributed by atoms with E-state index >= 15 is 0 Å². The molecule has 0 aromatic heterocycles. The zero-order valence-electron chi connectivity index (χ0n) is 12.4. The van der Waals surface area contributed by atoms with Gasteiger partial charge >= 0.3 is 0 Å². The van der Waals surface area contributed by atoms with E-state index in [4.69, 9.17) is 27.3 Å². The maximum absolute atomic E-state index is 14.5. The zero-order valence-corrected chi connectivity index (χ0v) is 13.9. The summed E-state index contributed by atoms with van der Waals surface area (Å²) >= 11 is 6.02. The number of hydrogen-bond acceptors (Lipinski definition) is 4. The number of nitrogens with zero attached hydrogens (tertiary/aromatic N) is 1. The van der Waals surface area contributed by atoms with Crippen molar-refractivity contribution in [2.24, 2.45) is 10.9 Å². The SMILES string of the molecule is CC[C@@H](N)c1ccc(Cl)c(Oc2ccc(C=NO)cc2)c1F.Cl. The molecule has 3 N–H and O–H groups in total. The Morgan fingerprint density at radius 3 is 2.52 bits per heavy atom. The number of benzene rings is 2. The Morgan fingerprint density at radius 1 is 1.30 bits per heavy atom. The van der Waals surface area contributed by atoms with Gasteiger partial charge < -0.3 is 15.7 Å². The van der Waals surface area contributed by atoms with Gasteiger partial charge in [-0.15, -0.1) is 12.4 Å². The van der Waals surface area contributed by atoms with Gasteiger partial charge in [0.1, 0.15) is 5.75 Å². The molecule has 0 saturated carbocycles. The number of oxime groups is 1. The molecule has 0 aliphatic heterocycles. The van der Waals surface area contributed by atoms with E-state index in [-0.39, 0.29) is 23.2 Å². The van der Waals surface area contributed by atoms with Crippen molar-refractivity contribution in [2.45, 2.75) is 19.4 Å². The highest BCUT2D eigenvalue weighted by Crippen LogP contribution is 2.35. The van der Waals surface area contributed by atoms with Crippen molar-refractivity contribution in [2.75, 3.05) is 0 Å². The van der Waals surface area contributed by atoms with Gasteiger partial charge in [-0.3, -0.25) is 0 Å². The largest absolute Gasteiger partial charge is 0.453 e. The molecule has 7 heteroatoms. The molecular weight excluding hydrogens is 342 g/mol. The number of halogens is 3. The van der Waals surface area contributed by atoms with Crippen molar-refractivity contribution in [3.05, 3.63) is 58.4 Å². The molecule has 0 unspecified atom stereocenters. The molecule has 2 aromatic rings. The summed E-state index contributed by atoms with van der Waals surface area (Å²) in [5.74, 6) is -0.187. The van der Waals surface area contributed by atoms with Gasteiger partial charge in [0.2, 0.25) is 0 Å². The third-order valence-electron chi connectivity index (χ3n) is 3.23. The minimum Gasteiger partial charge on any atom is -0.453 e. The van der Waals surface area contributed by atoms with E-state index in [1.54, 1.807) is 36.4 Å². The maximum Gasteiger partial charge on any atom is 0.181 e. The quantitative estimate of drug-likeness (QED) is 0.453. The highest BCUT2D eigenvalue weighted by atomic mass is 35.5. The number of ether oxygens (including phenoxy) is 1. The van der Waals surface area contributed by atoms with Crippen molar-refractivity contribution in [1.82, 2.24) is 0 Å². The average Bonchev–Trinajstić information content (AvgIpc) is 2.52. The fraction of sp³-hybridized carbons (Fsp3) is 0.188. The summed E-state index contributed by atoms with van der Waals surface area (Å²) in [5, 5.41) is 11.6. The maximum atomic E-state index is 14.5. The fourth-order valence-electron chi connectivity index (χ4n) is 1.95. The lowest BCUT2D eigenvalue weighted by Crippen LogP contribution is -2.11. The summed E-state index contributed by atoms with van der Waals surface area (Å²) in [6.07, 6.45) is 1.88. The molecular formula is C16H17Cl2FN2O2. The molecule has 0 fully saturated rings. The highest BCUT2D eigenvalue weighted by Gasteiger charge is 2.18. The van der Waals surface area contributed by atoms with Crippen LogP contribution in [0.2, 0.25) is 5.02 Å². The Labute approximate surface area is 145 Å². The first kappa shape index (κ1) is 19.2. The van der Waals surface area contributed by atoms with E-state index in [1.165, 1.54) is 6.21 Å². The van der Waals surface area contributed by atoms with Crippen LogP contribution in [-0.4, -0.2) is 11.4 Å². The van der Waals surface area contributed by atoms with Crippen LogP contribution in [0.3, 0.4) is 0 Å². The van der Waals surface area contributed by atoms with Gasteiger partial charge in [-0.05, 0) is 42.3 Å². The van der Waals surface area contributed by atoms with Crippen molar-refractivity contribution in [1.29, 1.82) is 0 Å². The normalized spacial score (nSPS) is 12.0. The summed E-state index contributed by atoms with van der Waals surface area (Å²) in [6, 6.07) is 9.31. The van der Waals surface area contributed by atoms with Gasteiger partial charge in [-0.1, -0.05) is 29.7 Å². The first-order valence-electron chi connectivity index (χ1n) is 6.75. The fourth-order valence-corrected chi connectivity index (χ4v) is 2.14. The number of hydrogen-bond donors (Lipinski definition) is 2. The minimum atomic E-state index is -0.553. The Bertz CT molecular complexity index is 679. The molecule has 0 aliphatic rings. The average molecular weight is 359 g/mol. The molecule has 0 bridgehead atoms. The van der Waals surface area contributed by atoms with Crippen LogP contribution in [0.5, 0.6) is 11.5 Å². The molecule has 4 nitrogen and oxygen atoms in total. The molecule has 1 atom stereocenters. The molecule has 2 rings (SSSR count). The molecule has 0 radical (unpaired) electrons. The summed E-state index contributed by atoms with van der Waals surface area (Å²) in [4.78, 5) is 0. The predicted octanol–water partition coefficient (Wildman–Crippen LogP) is 4.91. The van der Waals surface area contributed by atoms with E-state index in [2.05, 4.69) is 5.16 Å². The first-order chi connectivity index (χ1) is 10.6. The molecule has 124 valence electrons. The van der Waals surface area contributed by atoms with Crippen LogP contribution in [0.25, 0.3) is 0 Å². The Kier molecular flexibility index (Phi) is 7.29. The third kappa shape index (κ3) is 4.58. The second-order valence-electron chi connectivity index (χ2n) is 4.71. The molecule has 2 aromatic carbocycles. The van der Waals surface area contributed by atoms with Crippen molar-refractivity contribution in [3.8, 4) is 11.5 Å². The van der Waals surface area contributed by atoms with Gasteiger partial charge in [-0.25, -0.2) is 4.39 Å². The third-order valence-corrected chi connectivity index (χ3v) is 3.52. The number of rotatable bonds is 5. The van der Waals surface area contributed by atoms with Crippen LogP contribution >= 0.6 is 24.0 Å². The van der Waals surface area contributed by atoms with Crippen LogP contribution < -0.4 is 10.5 Å². The predicted molar refractivity (Wildman–Crippen MR) is 91.8 cm³/mol. The molecule has 0 spiro atoms. The molecule has 0 saturated heterocycles. The van der Waals surface area contributed by atoms with Gasteiger partial charge in [-0.2, -0.15) is 0 Å². The lowest BCUT2D eigenvalue weighted by atomic mass is 10.0. The van der Waals surface area contributed by atoms with Gasteiger partial charge in [0, 0.05) is 11.6 Å². The smallest absolute Gasteiger partial charge is 0.181 e. The Morgan fingerprint density at radius 2 is 1.96 bits per heavy atom. The van der Waals surface area contributed by atoms with Crippen LogP contribution in [-0.2, 0) is 0 Å². The molecule has 0 amide bonds. The van der Waals surface area contributed by atoms with Crippen LogP contribution in [0, 0.1) is 5.82 Å². The van der Waals surface area contributed by atoms with Crippen LogP contribution in [0.4, 0.5) is 4.39 Å². The lowest BCUT2D eigenvalue weighted by molar-refractivity contribution is 0.322. The second-order valence-corrected chi connectivity index (χ2v) is 5.12. The summed E-state index contributed by atoms with van der Waals surface area (Å²) in [7, 11) is 0. The van der Waals surface area contributed by atoms with Gasteiger partial charge in [0.05, 0.1) is 11.2 Å². The first-order valence-corrected chi connectivity index (χ1v) is 7.13. The number of nitrogens with two attached hydrogens (primary N) is 1. The van der Waals surface area contributed by atoms with E-state index in [0.717, 1.165) is 0 Å². The Balaban J connectivity index is 0.00000264. The van der Waals surface area contributed by atoms with E-state index < -0.39 is 11.9 Å². The molecule has 0 aliphatic carbocycles. The van der Waals surface area contributed by atoms with E-state index in [1.807, 2.05) is 6.92 Å². The van der Waals surface area contributed by atoms with E-state index in [9.17, 15) is 4.39 Å². The van der Waals surface area contributed by atoms with E-state index in [0.29, 0.717) is 23.3 Å². The van der Waals surface area contributed by atoms with Gasteiger partial charge in [0.25, 0.3) is 0 Å². The molecule has 0 heterocycles. The second kappa shape index (κ2) is 8.72. The summed E-state index contributed by atoms with van der Waals surface area (Å²) < 4.78 is 20.1. The summed E-state index contributed by atoms with van der Waals surface area (Å²) in [5.41, 5.74) is 6.93. The lowest BCUT2D eigenvalue weighted by Gasteiger charge is -2.15. The minimum absolute atomic E-state index is 0.